The summed E-state index contributed by atoms with van der Waals surface area (Å²) < 4.78 is 57.9. The monoisotopic (exact) mass is 482 g/mol. The van der Waals surface area contributed by atoms with Gasteiger partial charge in [-0.05, 0) is 75.3 Å². The van der Waals surface area contributed by atoms with Crippen molar-refractivity contribution in [2.24, 2.45) is 0 Å². The molecule has 1 aliphatic rings. The molecular weight excluding hydrogens is 456 g/mol. The van der Waals surface area contributed by atoms with Crippen molar-refractivity contribution in [1.82, 2.24) is 9.62 Å². The van der Waals surface area contributed by atoms with Crippen molar-refractivity contribution in [2.75, 3.05) is 19.3 Å². The number of hydrogen-bond acceptors (Lipinski definition) is 7. The Morgan fingerprint density at radius 2 is 1.66 bits per heavy atom. The van der Waals surface area contributed by atoms with Crippen molar-refractivity contribution in [3.63, 3.8) is 0 Å². The molecule has 1 fully saturated rings. The Morgan fingerprint density at radius 1 is 1.03 bits per heavy atom. The lowest BCUT2D eigenvalue weighted by atomic mass is 10.1. The normalized spacial score (nSPS) is 16.4. The number of aromatic carboxylic acids is 1. The quantitative estimate of drug-likeness (QED) is 0.587. The molecule has 2 aromatic carbocycles. The van der Waals surface area contributed by atoms with E-state index in [1.165, 1.54) is 36.4 Å². The molecule has 1 saturated heterocycles. The molecule has 0 saturated carbocycles. The van der Waals surface area contributed by atoms with Crippen LogP contribution >= 0.6 is 0 Å². The third-order valence-electron chi connectivity index (χ3n) is 5.22. The Hall–Kier alpha value is -2.47. The van der Waals surface area contributed by atoms with Gasteiger partial charge in [-0.2, -0.15) is 4.72 Å². The third-order valence-corrected chi connectivity index (χ3v) is 7.88. The van der Waals surface area contributed by atoms with Gasteiger partial charge >= 0.3 is 5.97 Å². The summed E-state index contributed by atoms with van der Waals surface area (Å²) in [6.07, 6.45) is 3.85. The lowest BCUT2D eigenvalue weighted by Gasteiger charge is -2.32. The van der Waals surface area contributed by atoms with Crippen LogP contribution in [0.5, 0.6) is 11.5 Å². The number of sulfone groups is 1. The highest BCUT2D eigenvalue weighted by atomic mass is 32.2. The first-order chi connectivity index (χ1) is 15.0. The van der Waals surface area contributed by atoms with Crippen LogP contribution in [-0.4, -0.2) is 58.3 Å². The van der Waals surface area contributed by atoms with Crippen molar-refractivity contribution >= 4 is 25.8 Å². The van der Waals surface area contributed by atoms with Crippen molar-refractivity contribution in [3.05, 3.63) is 48.0 Å². The van der Waals surface area contributed by atoms with E-state index in [1.54, 1.807) is 0 Å². The van der Waals surface area contributed by atoms with Crippen LogP contribution in [0.3, 0.4) is 0 Å². The van der Waals surface area contributed by atoms with Gasteiger partial charge in [0.1, 0.15) is 16.4 Å². The molecule has 9 nitrogen and oxygen atoms in total. The van der Waals surface area contributed by atoms with Crippen molar-refractivity contribution in [2.45, 2.75) is 42.1 Å². The van der Waals surface area contributed by atoms with Crippen molar-refractivity contribution < 1.29 is 31.5 Å². The van der Waals surface area contributed by atoms with E-state index < -0.39 is 25.8 Å². The Labute approximate surface area is 188 Å². The molecule has 32 heavy (non-hydrogen) atoms. The Bertz CT molecular complexity index is 1190. The second-order valence-electron chi connectivity index (χ2n) is 7.71. The summed E-state index contributed by atoms with van der Waals surface area (Å²) in [7, 11) is -7.52. The van der Waals surface area contributed by atoms with Gasteiger partial charge < -0.3 is 9.84 Å². The van der Waals surface area contributed by atoms with E-state index in [1.807, 2.05) is 6.92 Å². The van der Waals surface area contributed by atoms with E-state index >= 15 is 0 Å². The minimum atomic E-state index is -3.76. The second-order valence-corrected chi connectivity index (χ2v) is 11.4. The fourth-order valence-corrected chi connectivity index (χ4v) is 5.55. The minimum absolute atomic E-state index is 0.0510. The Morgan fingerprint density at radius 3 is 2.22 bits per heavy atom. The Kier molecular flexibility index (Phi) is 7.23. The molecule has 0 amide bonds. The molecule has 0 bridgehead atoms. The summed E-state index contributed by atoms with van der Waals surface area (Å²) in [6.45, 7) is 3.51. The van der Waals surface area contributed by atoms with E-state index in [0.29, 0.717) is 0 Å². The summed E-state index contributed by atoms with van der Waals surface area (Å²) in [5.74, 6) is -1.10. The number of nitrogens with one attached hydrogen (secondary N) is 1. The molecule has 1 unspecified atom stereocenters. The first-order valence-electron chi connectivity index (χ1n) is 10.1. The predicted molar refractivity (Wildman–Crippen MR) is 118 cm³/mol. The van der Waals surface area contributed by atoms with E-state index in [-0.39, 0.29) is 33.0 Å². The van der Waals surface area contributed by atoms with Gasteiger partial charge in [0.15, 0.2) is 9.84 Å². The fraction of sp³-hybridized carbons (Fsp3) is 0.381. The second kappa shape index (κ2) is 9.57. The van der Waals surface area contributed by atoms with Crippen LogP contribution in [0.1, 0.15) is 36.5 Å². The third kappa shape index (κ3) is 5.85. The maximum Gasteiger partial charge on any atom is 0.335 e. The smallest absolute Gasteiger partial charge is 0.335 e. The highest BCUT2D eigenvalue weighted by Gasteiger charge is 2.23. The first kappa shape index (κ1) is 24.2. The number of likely N-dealkylation sites (tertiary alicyclic amines) is 1. The van der Waals surface area contributed by atoms with E-state index in [2.05, 4.69) is 9.62 Å². The Balaban J connectivity index is 1.78. The standard InChI is InChI=1S/C21H26N2O7S2/c1-15(23-12-4-3-5-13-23)22-32(28,29)18-9-7-17(8-10-18)30-19-11-6-16(21(24)25)14-20(19)31(2,26)27/h6-11,14-15,22H,3-5,12-13H2,1-2H3,(H,24,25). The molecule has 2 aromatic rings. The number of piperidine rings is 1. The van der Waals surface area contributed by atoms with Crippen LogP contribution in [0.15, 0.2) is 52.3 Å². The number of carboxylic acid groups (broad SMARTS) is 1. The average Bonchev–Trinajstić information content (AvgIpc) is 2.74. The van der Waals surface area contributed by atoms with Gasteiger partial charge in [-0.25, -0.2) is 21.6 Å². The van der Waals surface area contributed by atoms with E-state index in [9.17, 15) is 21.6 Å². The van der Waals surface area contributed by atoms with Crippen LogP contribution in [0.4, 0.5) is 0 Å². The van der Waals surface area contributed by atoms with E-state index in [0.717, 1.165) is 44.7 Å². The molecule has 174 valence electrons. The highest BCUT2D eigenvalue weighted by Crippen LogP contribution is 2.30. The summed E-state index contributed by atoms with van der Waals surface area (Å²) in [6, 6.07) is 9.08. The van der Waals surface area contributed by atoms with Gasteiger partial charge in [-0.3, -0.25) is 4.90 Å². The van der Waals surface area contributed by atoms with Gasteiger partial charge in [-0.15, -0.1) is 0 Å². The van der Waals surface area contributed by atoms with Crippen LogP contribution < -0.4 is 9.46 Å². The fourth-order valence-electron chi connectivity index (χ4n) is 3.50. The number of carbonyl (C=O) groups is 1. The molecule has 2 N–H and O–H groups in total. The molecule has 0 aliphatic carbocycles. The predicted octanol–water partition coefficient (Wildman–Crippen LogP) is 2.69. The number of benzene rings is 2. The number of ether oxygens (including phenoxy) is 1. The van der Waals surface area contributed by atoms with Crippen LogP contribution in [0.2, 0.25) is 0 Å². The topological polar surface area (TPSA) is 130 Å². The van der Waals surface area contributed by atoms with Crippen LogP contribution in [-0.2, 0) is 19.9 Å². The molecule has 1 atom stereocenters. The maximum absolute atomic E-state index is 12.7. The summed E-state index contributed by atoms with van der Waals surface area (Å²) in [5.41, 5.74) is -0.187. The van der Waals surface area contributed by atoms with E-state index in [4.69, 9.17) is 9.84 Å². The lowest BCUT2D eigenvalue weighted by molar-refractivity contribution is 0.0696. The number of hydrogen-bond donors (Lipinski definition) is 2. The van der Waals surface area contributed by atoms with Crippen LogP contribution in [0.25, 0.3) is 0 Å². The average molecular weight is 483 g/mol. The SMILES string of the molecule is CC(NS(=O)(=O)c1ccc(Oc2ccc(C(=O)O)cc2S(C)(=O)=O)cc1)N1CCCCC1. The van der Waals surface area contributed by atoms with Gasteiger partial charge in [0.05, 0.1) is 16.6 Å². The number of carboxylic acids is 1. The molecule has 0 spiro atoms. The molecule has 3 rings (SSSR count). The first-order valence-corrected chi connectivity index (χ1v) is 13.5. The molecule has 0 aromatic heterocycles. The number of nitrogens with zero attached hydrogens (tertiary/aromatic N) is 1. The minimum Gasteiger partial charge on any atom is -0.478 e. The van der Waals surface area contributed by atoms with Gasteiger partial charge in [0.25, 0.3) is 0 Å². The van der Waals surface area contributed by atoms with Crippen molar-refractivity contribution in [3.8, 4) is 11.5 Å². The molecule has 11 heteroatoms. The molecule has 1 heterocycles. The lowest BCUT2D eigenvalue weighted by Crippen LogP contribution is -2.48. The largest absolute Gasteiger partial charge is 0.478 e. The zero-order chi connectivity index (χ0) is 23.5. The summed E-state index contributed by atoms with van der Waals surface area (Å²) in [5, 5.41) is 9.11. The van der Waals surface area contributed by atoms with Crippen LogP contribution in [0, 0.1) is 0 Å². The van der Waals surface area contributed by atoms with Gasteiger partial charge in [0, 0.05) is 6.26 Å². The maximum atomic E-state index is 12.7. The van der Waals surface area contributed by atoms with Gasteiger partial charge in [-0.1, -0.05) is 6.42 Å². The van der Waals surface area contributed by atoms with Gasteiger partial charge in [0.2, 0.25) is 10.0 Å². The highest BCUT2D eigenvalue weighted by molar-refractivity contribution is 7.90. The molecule has 1 aliphatic heterocycles. The zero-order valence-electron chi connectivity index (χ0n) is 17.8. The molecular formula is C21H26N2O7S2. The summed E-state index contributed by atoms with van der Waals surface area (Å²) >= 11 is 0. The molecule has 0 radical (unpaired) electrons. The van der Waals surface area contributed by atoms with Crippen molar-refractivity contribution in [1.29, 1.82) is 0 Å². The number of rotatable bonds is 8. The zero-order valence-corrected chi connectivity index (χ0v) is 19.4. The number of sulfonamides is 1. The summed E-state index contributed by atoms with van der Waals surface area (Å²) in [4.78, 5) is 13.0.